The fourth-order valence-corrected chi connectivity index (χ4v) is 10.7. The molecule has 12 aromatic rings. The van der Waals surface area contributed by atoms with Gasteiger partial charge in [-0.2, -0.15) is 0 Å². The summed E-state index contributed by atoms with van der Waals surface area (Å²) in [5.41, 5.74) is 18.9. The van der Waals surface area contributed by atoms with Gasteiger partial charge in [0.2, 0.25) is 0 Å². The molecule has 73 heavy (non-hydrogen) atoms. The van der Waals surface area contributed by atoms with Gasteiger partial charge in [0.15, 0.2) is 0 Å². The molecule has 9 aromatic carbocycles. The highest BCUT2D eigenvalue weighted by molar-refractivity contribution is 6.14. The van der Waals surface area contributed by atoms with Crippen molar-refractivity contribution in [3.05, 3.63) is 236 Å². The number of hydrogen-bond donors (Lipinski definition) is 1. The third-order valence-electron chi connectivity index (χ3n) is 14.4. The summed E-state index contributed by atoms with van der Waals surface area (Å²) in [6.45, 7) is 13.2. The molecule has 3 heterocycles. The molecule has 0 amide bonds. The molecule has 0 aliphatic rings. The van der Waals surface area contributed by atoms with Crippen molar-refractivity contribution in [2.24, 2.45) is 0 Å². The highest BCUT2D eigenvalue weighted by Gasteiger charge is 2.29. The van der Waals surface area contributed by atoms with Gasteiger partial charge < -0.3 is 9.67 Å². The molecule has 0 aliphatic carbocycles. The molecule has 3 aromatic heterocycles. The van der Waals surface area contributed by atoms with Crippen molar-refractivity contribution in [2.45, 2.75) is 52.4 Å². The predicted molar refractivity (Wildman–Crippen MR) is 305 cm³/mol. The molecule has 5 nitrogen and oxygen atoms in total. The van der Waals surface area contributed by atoms with Crippen molar-refractivity contribution in [3.63, 3.8) is 0 Å². The summed E-state index contributed by atoms with van der Waals surface area (Å²) < 4.78 is 4.61. The fraction of sp³-hybridized carbons (Fsp3) is 0.118. The maximum Gasteiger partial charge on any atom is 0.149 e. The number of phenolic OH excluding ortho intramolecular Hbond substituents is 1. The minimum atomic E-state index is -0.320. The summed E-state index contributed by atoms with van der Waals surface area (Å²) in [5.74, 6) is 0.937. The monoisotopic (exact) mass is 944 g/mol. The zero-order valence-corrected chi connectivity index (χ0v) is 42.1. The van der Waals surface area contributed by atoms with Crippen LogP contribution >= 0.6 is 0 Å². The first kappa shape index (κ1) is 45.3. The first-order valence-corrected chi connectivity index (χ1v) is 25.2. The zero-order valence-electron chi connectivity index (χ0n) is 42.1. The third kappa shape index (κ3) is 8.08. The summed E-state index contributed by atoms with van der Waals surface area (Å²) in [5, 5.41) is 14.8. The molecule has 354 valence electrons. The van der Waals surface area contributed by atoms with Crippen LogP contribution < -0.4 is 0 Å². The maximum absolute atomic E-state index is 12.4. The molecule has 1 N–H and O–H groups in total. The van der Waals surface area contributed by atoms with Crippen molar-refractivity contribution in [2.75, 3.05) is 0 Å². The first-order valence-electron chi connectivity index (χ1n) is 25.2. The predicted octanol–water partition coefficient (Wildman–Crippen LogP) is 17.8. The SMILES string of the molecule is CC(C)(C)c1cc(-c2nc3c(-c4cc(-c5cc(-c6cccc7c8ccccc8n(-c8ccccc8)c67)ccn5)cc(-c5ccccc5-c5ccccc5)c4)cccc3n2-c2ccccc2)c(O)c(C(C)(C)C)c1. The Morgan fingerprint density at radius 3 is 1.64 bits per heavy atom. The summed E-state index contributed by atoms with van der Waals surface area (Å²) in [4.78, 5) is 10.8. The van der Waals surface area contributed by atoms with Crippen LogP contribution in [0.3, 0.4) is 0 Å². The number of nitrogens with zero attached hydrogens (tertiary/aromatic N) is 4. The van der Waals surface area contributed by atoms with Crippen molar-refractivity contribution in [1.82, 2.24) is 19.1 Å². The Labute approximate surface area is 427 Å². The summed E-state index contributed by atoms with van der Waals surface area (Å²) in [7, 11) is 0. The van der Waals surface area contributed by atoms with Gasteiger partial charge in [-0.1, -0.05) is 187 Å². The van der Waals surface area contributed by atoms with E-state index >= 15 is 0 Å². The summed E-state index contributed by atoms with van der Waals surface area (Å²) in [6.07, 6.45) is 1.95. The number of aromatic nitrogens is 4. The topological polar surface area (TPSA) is 55.9 Å². The van der Waals surface area contributed by atoms with Gasteiger partial charge >= 0.3 is 0 Å². The number of aromatic hydroxyl groups is 1. The molecular weight excluding hydrogens is 889 g/mol. The number of imidazole rings is 1. The van der Waals surface area contributed by atoms with Gasteiger partial charge in [-0.05, 0) is 123 Å². The van der Waals surface area contributed by atoms with E-state index in [1.54, 1.807) is 0 Å². The molecular formula is C68H56N4O. The van der Waals surface area contributed by atoms with E-state index in [0.717, 1.165) is 94.8 Å². The number of benzene rings is 9. The number of hydrogen-bond acceptors (Lipinski definition) is 3. The van der Waals surface area contributed by atoms with Crippen LogP contribution in [0.1, 0.15) is 52.7 Å². The number of para-hydroxylation sites is 5. The van der Waals surface area contributed by atoms with Crippen molar-refractivity contribution >= 4 is 32.8 Å². The van der Waals surface area contributed by atoms with Crippen molar-refractivity contribution < 1.29 is 5.11 Å². The fourth-order valence-electron chi connectivity index (χ4n) is 10.7. The number of fused-ring (bicyclic) bond motifs is 4. The van der Waals surface area contributed by atoms with Gasteiger partial charge in [0.25, 0.3) is 0 Å². The quantitative estimate of drug-likeness (QED) is 0.165. The van der Waals surface area contributed by atoms with E-state index in [1.807, 2.05) is 12.3 Å². The van der Waals surface area contributed by atoms with Gasteiger partial charge in [-0.25, -0.2) is 4.98 Å². The van der Waals surface area contributed by atoms with Crippen LogP contribution in [0.15, 0.2) is 225 Å². The van der Waals surface area contributed by atoms with Crippen LogP contribution in [0, 0.1) is 0 Å². The molecule has 0 fully saturated rings. The van der Waals surface area contributed by atoms with Crippen LogP contribution in [0.4, 0.5) is 0 Å². The minimum Gasteiger partial charge on any atom is -0.507 e. The van der Waals surface area contributed by atoms with E-state index in [1.165, 1.54) is 16.3 Å². The summed E-state index contributed by atoms with van der Waals surface area (Å²) >= 11 is 0. The zero-order chi connectivity index (χ0) is 50.0. The Kier molecular flexibility index (Phi) is 11.1. The van der Waals surface area contributed by atoms with Crippen LogP contribution in [0.25, 0.3) is 111 Å². The van der Waals surface area contributed by atoms with Crippen LogP contribution in [-0.2, 0) is 10.8 Å². The molecule has 0 spiro atoms. The van der Waals surface area contributed by atoms with E-state index in [9.17, 15) is 5.11 Å². The average Bonchev–Trinajstić information content (AvgIpc) is 3.98. The van der Waals surface area contributed by atoms with Gasteiger partial charge in [-0.15, -0.1) is 0 Å². The largest absolute Gasteiger partial charge is 0.507 e. The maximum atomic E-state index is 12.4. The second-order valence-corrected chi connectivity index (χ2v) is 21.2. The minimum absolute atomic E-state index is 0.178. The number of pyridine rings is 1. The van der Waals surface area contributed by atoms with E-state index in [-0.39, 0.29) is 16.6 Å². The van der Waals surface area contributed by atoms with Crippen molar-refractivity contribution in [1.29, 1.82) is 0 Å². The molecule has 0 radical (unpaired) electrons. The first-order chi connectivity index (χ1) is 35.4. The lowest BCUT2D eigenvalue weighted by Gasteiger charge is -2.27. The van der Waals surface area contributed by atoms with E-state index in [4.69, 9.17) is 9.97 Å². The molecule has 0 saturated heterocycles. The van der Waals surface area contributed by atoms with E-state index in [2.05, 4.69) is 263 Å². The molecule has 0 bridgehead atoms. The van der Waals surface area contributed by atoms with Crippen LogP contribution in [-0.4, -0.2) is 24.2 Å². The third-order valence-corrected chi connectivity index (χ3v) is 14.4. The van der Waals surface area contributed by atoms with Gasteiger partial charge in [0.05, 0.1) is 33.3 Å². The standard InChI is InChI=1S/C68H56N4O/c1-67(2,3)49-42-58(65(73)59(43-49)68(4,5)6)66-70-63-54(31-21-35-62(63)72(66)51-26-14-9-15-27-51)47-38-46(53-29-17-16-28-52(53)44-22-10-7-11-23-44)39-48(40-47)60-41-45(36-37-69-60)55-32-20-33-57-56-30-18-19-34-61(56)71(64(55)57)50-24-12-8-13-25-50/h7-43,73H,1-6H3. The Balaban J connectivity index is 1.11. The molecule has 12 rings (SSSR count). The second kappa shape index (κ2) is 17.8. The lowest BCUT2D eigenvalue weighted by Crippen LogP contribution is -2.17. The Hall–Kier alpha value is -8.80. The molecule has 0 unspecified atom stereocenters. The lowest BCUT2D eigenvalue weighted by atomic mass is 9.79. The average molecular weight is 945 g/mol. The highest BCUT2D eigenvalue weighted by Crippen LogP contribution is 2.46. The van der Waals surface area contributed by atoms with Crippen LogP contribution in [0.5, 0.6) is 5.75 Å². The molecule has 0 aliphatic heterocycles. The lowest BCUT2D eigenvalue weighted by molar-refractivity contribution is 0.446. The highest BCUT2D eigenvalue weighted by atomic mass is 16.3. The van der Waals surface area contributed by atoms with Crippen LogP contribution in [0.2, 0.25) is 0 Å². The molecule has 0 saturated carbocycles. The number of phenols is 1. The van der Waals surface area contributed by atoms with Gasteiger partial charge in [0.1, 0.15) is 11.6 Å². The normalized spacial score (nSPS) is 12.0. The van der Waals surface area contributed by atoms with Gasteiger partial charge in [-0.3, -0.25) is 9.55 Å². The second-order valence-electron chi connectivity index (χ2n) is 21.2. The molecule has 5 heteroatoms. The Bertz CT molecular complexity index is 4040. The number of rotatable bonds is 8. The van der Waals surface area contributed by atoms with E-state index in [0.29, 0.717) is 11.4 Å². The van der Waals surface area contributed by atoms with E-state index < -0.39 is 0 Å². The van der Waals surface area contributed by atoms with Gasteiger partial charge in [0, 0.05) is 50.6 Å². The Morgan fingerprint density at radius 2 is 0.945 bits per heavy atom. The summed E-state index contributed by atoms with van der Waals surface area (Å²) in [6, 6.07) is 77.7. The Morgan fingerprint density at radius 1 is 0.397 bits per heavy atom. The smallest absolute Gasteiger partial charge is 0.149 e. The van der Waals surface area contributed by atoms with Crippen molar-refractivity contribution in [3.8, 4) is 84.3 Å². The molecule has 0 atom stereocenters.